The molecule has 0 saturated carbocycles. The van der Waals surface area contributed by atoms with Gasteiger partial charge in [0.1, 0.15) is 0 Å². The Hall–Kier alpha value is -1.57. The zero-order valence-electron chi connectivity index (χ0n) is 17.3. The van der Waals surface area contributed by atoms with Crippen molar-refractivity contribution in [3.8, 4) is 0 Å². The van der Waals surface area contributed by atoms with Crippen molar-refractivity contribution in [1.82, 2.24) is 0 Å². The second-order valence-corrected chi connectivity index (χ2v) is 6.51. The summed E-state index contributed by atoms with van der Waals surface area (Å²) in [6, 6.07) is 0. The van der Waals surface area contributed by atoms with Crippen molar-refractivity contribution in [3.63, 3.8) is 0 Å². The van der Waals surface area contributed by atoms with Gasteiger partial charge in [-0.3, -0.25) is 4.79 Å². The Morgan fingerprint density at radius 2 is 1.31 bits per heavy atom. The van der Waals surface area contributed by atoms with Crippen molar-refractivity contribution >= 4 is 5.97 Å². The van der Waals surface area contributed by atoms with Crippen LogP contribution < -0.4 is 0 Å². The van der Waals surface area contributed by atoms with Gasteiger partial charge in [-0.15, -0.1) is 0 Å². The lowest BCUT2D eigenvalue weighted by Gasteiger charge is -2.11. The summed E-state index contributed by atoms with van der Waals surface area (Å²) in [5, 5.41) is 0. The molecule has 2 heteroatoms. The highest BCUT2D eigenvalue weighted by atomic mass is 16.5. The molecule has 26 heavy (non-hydrogen) atoms. The number of hydrogen-bond acceptors (Lipinski definition) is 2. The topological polar surface area (TPSA) is 26.3 Å². The molecular formula is C24H40O2. The second-order valence-electron chi connectivity index (χ2n) is 6.51. The minimum absolute atomic E-state index is 0.0448. The van der Waals surface area contributed by atoms with Gasteiger partial charge in [0.15, 0.2) is 0 Å². The Bertz CT molecular complexity index is 429. The summed E-state index contributed by atoms with van der Waals surface area (Å²) >= 11 is 0. The van der Waals surface area contributed by atoms with Crippen LogP contribution in [0.1, 0.15) is 85.0 Å². The van der Waals surface area contributed by atoms with Gasteiger partial charge in [-0.1, -0.05) is 75.3 Å². The van der Waals surface area contributed by atoms with Crippen LogP contribution in [0.5, 0.6) is 0 Å². The number of allylic oxidation sites excluding steroid dienone is 8. The van der Waals surface area contributed by atoms with Crippen molar-refractivity contribution in [2.24, 2.45) is 5.92 Å². The van der Waals surface area contributed by atoms with Crippen LogP contribution in [-0.4, -0.2) is 12.6 Å². The maximum Gasteiger partial charge on any atom is 0.308 e. The molecule has 148 valence electrons. The molecule has 1 unspecified atom stereocenters. The first-order valence-electron chi connectivity index (χ1n) is 10.5. The van der Waals surface area contributed by atoms with E-state index in [0.717, 1.165) is 44.9 Å². The van der Waals surface area contributed by atoms with Gasteiger partial charge in [-0.25, -0.2) is 0 Å². The molecule has 0 rings (SSSR count). The minimum atomic E-state index is -0.0483. The van der Waals surface area contributed by atoms with Crippen LogP contribution in [-0.2, 0) is 9.53 Å². The van der Waals surface area contributed by atoms with Crippen molar-refractivity contribution in [1.29, 1.82) is 0 Å². The lowest BCUT2D eigenvalue weighted by Crippen LogP contribution is -2.16. The van der Waals surface area contributed by atoms with E-state index >= 15 is 0 Å². The summed E-state index contributed by atoms with van der Waals surface area (Å²) in [5.41, 5.74) is 0. The van der Waals surface area contributed by atoms with Crippen molar-refractivity contribution < 1.29 is 9.53 Å². The highest BCUT2D eigenvalue weighted by Gasteiger charge is 2.15. The first kappa shape index (κ1) is 24.4. The smallest absolute Gasteiger partial charge is 0.308 e. The minimum Gasteiger partial charge on any atom is -0.466 e. The van der Waals surface area contributed by atoms with Gasteiger partial charge < -0.3 is 4.74 Å². The Kier molecular flexibility index (Phi) is 18.6. The van der Waals surface area contributed by atoms with Crippen LogP contribution in [0.2, 0.25) is 0 Å². The van der Waals surface area contributed by atoms with Crippen LogP contribution in [0.3, 0.4) is 0 Å². The lowest BCUT2D eigenvalue weighted by atomic mass is 10.0. The molecule has 0 N–H and O–H groups in total. The summed E-state index contributed by atoms with van der Waals surface area (Å²) in [4.78, 5) is 11.7. The summed E-state index contributed by atoms with van der Waals surface area (Å²) in [5.74, 6) is -0.00350. The highest BCUT2D eigenvalue weighted by molar-refractivity contribution is 5.72. The maximum atomic E-state index is 11.7. The van der Waals surface area contributed by atoms with E-state index in [0.29, 0.717) is 6.61 Å². The number of ether oxygens (including phenoxy) is 1. The van der Waals surface area contributed by atoms with E-state index < -0.39 is 0 Å². The van der Waals surface area contributed by atoms with E-state index in [2.05, 4.69) is 55.5 Å². The Morgan fingerprint density at radius 3 is 1.81 bits per heavy atom. The van der Waals surface area contributed by atoms with E-state index in [1.54, 1.807) is 0 Å². The number of unbranched alkanes of at least 4 members (excludes halogenated alkanes) is 3. The number of esters is 1. The highest BCUT2D eigenvalue weighted by Crippen LogP contribution is 2.13. The van der Waals surface area contributed by atoms with Gasteiger partial charge in [0.25, 0.3) is 0 Å². The Balaban J connectivity index is 3.64. The third-order valence-electron chi connectivity index (χ3n) is 4.23. The molecule has 1 atom stereocenters. The molecule has 0 aromatic rings. The molecule has 0 amide bonds. The van der Waals surface area contributed by atoms with Gasteiger partial charge in [0.05, 0.1) is 12.5 Å². The molecule has 0 saturated heterocycles. The van der Waals surface area contributed by atoms with Crippen molar-refractivity contribution in [2.75, 3.05) is 6.61 Å². The molecule has 0 aliphatic rings. The Morgan fingerprint density at radius 1 is 0.769 bits per heavy atom. The van der Waals surface area contributed by atoms with Crippen LogP contribution in [0.25, 0.3) is 0 Å². The van der Waals surface area contributed by atoms with Crippen LogP contribution in [0.4, 0.5) is 0 Å². The zero-order chi connectivity index (χ0) is 19.3. The summed E-state index contributed by atoms with van der Waals surface area (Å²) < 4.78 is 5.09. The van der Waals surface area contributed by atoms with Crippen LogP contribution in [0.15, 0.2) is 48.6 Å². The average Bonchev–Trinajstić information content (AvgIpc) is 2.64. The van der Waals surface area contributed by atoms with E-state index in [1.807, 2.05) is 13.8 Å². The monoisotopic (exact) mass is 360 g/mol. The fourth-order valence-electron chi connectivity index (χ4n) is 2.57. The largest absolute Gasteiger partial charge is 0.466 e. The van der Waals surface area contributed by atoms with Crippen molar-refractivity contribution in [2.45, 2.75) is 85.0 Å². The molecule has 0 aromatic heterocycles. The van der Waals surface area contributed by atoms with Gasteiger partial charge in [0, 0.05) is 0 Å². The Labute approximate surface area is 162 Å². The molecule has 0 heterocycles. The first-order chi connectivity index (χ1) is 12.8. The second kappa shape index (κ2) is 19.8. The average molecular weight is 361 g/mol. The normalized spacial score (nSPS) is 13.5. The molecular weight excluding hydrogens is 320 g/mol. The van der Waals surface area contributed by atoms with Gasteiger partial charge in [-0.2, -0.15) is 0 Å². The predicted molar refractivity (Wildman–Crippen MR) is 114 cm³/mol. The van der Waals surface area contributed by atoms with Gasteiger partial charge >= 0.3 is 5.97 Å². The third-order valence-corrected chi connectivity index (χ3v) is 4.23. The summed E-state index contributed by atoms with van der Waals surface area (Å²) in [6.45, 7) is 6.61. The third kappa shape index (κ3) is 15.9. The molecule has 0 radical (unpaired) electrons. The van der Waals surface area contributed by atoms with Gasteiger partial charge in [-0.05, 0) is 58.3 Å². The SMILES string of the molecule is CCCCC=CCC=CCCC=CCC=CCCC(CC)C(=O)OCC. The number of carbonyl (C=O) groups excluding carboxylic acids is 1. The molecule has 0 aromatic carbocycles. The summed E-state index contributed by atoms with van der Waals surface area (Å²) in [7, 11) is 0. The molecule has 0 aliphatic heterocycles. The maximum absolute atomic E-state index is 11.7. The fraction of sp³-hybridized carbons (Fsp3) is 0.625. The van der Waals surface area contributed by atoms with E-state index in [1.165, 1.54) is 19.3 Å². The lowest BCUT2D eigenvalue weighted by molar-refractivity contribution is -0.148. The van der Waals surface area contributed by atoms with Crippen molar-refractivity contribution in [3.05, 3.63) is 48.6 Å². The predicted octanol–water partition coefficient (Wildman–Crippen LogP) is 7.33. The standard InChI is InChI=1S/C24H40O2/c1-4-7-8-9-10-11-12-13-14-15-16-17-18-19-20-21-22-23(5-2)24(25)26-6-3/h9-10,12-13,16-17,19-20,23H,4-8,11,14-15,18,21-22H2,1-3H3. The fourth-order valence-corrected chi connectivity index (χ4v) is 2.57. The summed E-state index contributed by atoms with van der Waals surface area (Å²) in [6.07, 6.45) is 28.6. The number of hydrogen-bond donors (Lipinski definition) is 0. The molecule has 0 aliphatic carbocycles. The van der Waals surface area contributed by atoms with Crippen LogP contribution >= 0.6 is 0 Å². The molecule has 2 nitrogen and oxygen atoms in total. The number of rotatable bonds is 16. The quantitative estimate of drug-likeness (QED) is 0.164. The molecule has 0 bridgehead atoms. The van der Waals surface area contributed by atoms with Gasteiger partial charge in [0.2, 0.25) is 0 Å². The van der Waals surface area contributed by atoms with E-state index in [9.17, 15) is 4.79 Å². The number of carbonyl (C=O) groups is 1. The van der Waals surface area contributed by atoms with E-state index in [-0.39, 0.29) is 11.9 Å². The molecule has 0 spiro atoms. The van der Waals surface area contributed by atoms with Crippen LogP contribution in [0, 0.1) is 5.92 Å². The first-order valence-corrected chi connectivity index (χ1v) is 10.5. The molecule has 0 fully saturated rings. The van der Waals surface area contributed by atoms with E-state index in [4.69, 9.17) is 4.74 Å². The zero-order valence-corrected chi connectivity index (χ0v) is 17.3.